The molecular weight excluding hydrogens is 288 g/mol. The topological polar surface area (TPSA) is 74.6 Å². The van der Waals surface area contributed by atoms with Crippen molar-refractivity contribution in [2.24, 2.45) is 0 Å². The van der Waals surface area contributed by atoms with Gasteiger partial charge in [0.1, 0.15) is 0 Å². The molecule has 0 saturated carbocycles. The highest BCUT2D eigenvalue weighted by Gasteiger charge is 2.17. The summed E-state index contributed by atoms with van der Waals surface area (Å²) in [5, 5.41) is 18.1. The third-order valence-electron chi connectivity index (χ3n) is 3.51. The average Bonchev–Trinajstić information content (AvgIpc) is 2.64. The van der Waals surface area contributed by atoms with Crippen LogP contribution in [0, 0.1) is 0 Å². The molecule has 0 bridgehead atoms. The number of hydrogen-bond acceptors (Lipinski definition) is 3. The van der Waals surface area contributed by atoms with Crippen molar-refractivity contribution < 1.29 is 19.8 Å². The van der Waals surface area contributed by atoms with E-state index in [2.05, 4.69) is 0 Å². The zero-order chi connectivity index (χ0) is 15.0. The zero-order valence-corrected chi connectivity index (χ0v) is 11.8. The van der Waals surface area contributed by atoms with E-state index in [9.17, 15) is 9.59 Å². The minimum atomic E-state index is -0.941. The Morgan fingerprint density at radius 1 is 0.810 bits per heavy atom. The predicted octanol–water partition coefficient (Wildman–Crippen LogP) is 3.33. The van der Waals surface area contributed by atoms with Gasteiger partial charge in [-0.15, -0.1) is 0 Å². The number of rotatable bonds is 2. The summed E-state index contributed by atoms with van der Waals surface area (Å²) in [5.41, 5.74) is 2.64. The van der Waals surface area contributed by atoms with Crippen LogP contribution in [0.5, 0.6) is 0 Å². The summed E-state index contributed by atoms with van der Waals surface area (Å²) in [4.78, 5) is 24.0. The van der Waals surface area contributed by atoms with Crippen molar-refractivity contribution in [3.63, 3.8) is 0 Å². The molecule has 0 atom stereocenters. The summed E-state index contributed by atoms with van der Waals surface area (Å²) in [6.45, 7) is 0. The molecule has 21 heavy (non-hydrogen) atoms. The Balaban J connectivity index is 2.02. The molecular formula is C16H12O4S. The van der Waals surface area contributed by atoms with Crippen LogP contribution in [0.1, 0.15) is 31.8 Å². The van der Waals surface area contributed by atoms with Gasteiger partial charge in [-0.05, 0) is 54.3 Å². The lowest BCUT2D eigenvalue weighted by Gasteiger charge is -2.07. The van der Waals surface area contributed by atoms with Crippen LogP contribution in [0.2, 0.25) is 0 Å². The van der Waals surface area contributed by atoms with Crippen molar-refractivity contribution >= 4 is 23.7 Å². The van der Waals surface area contributed by atoms with E-state index < -0.39 is 11.9 Å². The largest absolute Gasteiger partial charge is 0.478 e. The Morgan fingerprint density at radius 2 is 1.43 bits per heavy atom. The van der Waals surface area contributed by atoms with Gasteiger partial charge in [-0.3, -0.25) is 0 Å². The van der Waals surface area contributed by atoms with Crippen molar-refractivity contribution in [3.8, 4) is 0 Å². The molecule has 3 rings (SSSR count). The Hall–Kier alpha value is -2.27. The van der Waals surface area contributed by atoms with Gasteiger partial charge in [0, 0.05) is 9.79 Å². The summed E-state index contributed by atoms with van der Waals surface area (Å²) in [6, 6.07) is 10.2. The SMILES string of the molecule is O=C(O)c1ccc2c(c1)CCc1ccc(C(=O)O)cc1S2. The average molecular weight is 300 g/mol. The van der Waals surface area contributed by atoms with E-state index in [1.54, 1.807) is 30.3 Å². The van der Waals surface area contributed by atoms with Crippen LogP contribution < -0.4 is 0 Å². The smallest absolute Gasteiger partial charge is 0.335 e. The highest BCUT2D eigenvalue weighted by molar-refractivity contribution is 7.99. The highest BCUT2D eigenvalue weighted by Crippen LogP contribution is 2.38. The minimum absolute atomic E-state index is 0.270. The number of aryl methyl sites for hydroxylation is 2. The molecule has 0 fully saturated rings. The molecule has 0 aromatic heterocycles. The number of carboxylic acids is 2. The molecule has 5 heteroatoms. The normalized spacial score (nSPS) is 13.0. The van der Waals surface area contributed by atoms with E-state index in [4.69, 9.17) is 10.2 Å². The van der Waals surface area contributed by atoms with Crippen LogP contribution in [-0.2, 0) is 12.8 Å². The fourth-order valence-corrected chi connectivity index (χ4v) is 3.54. The quantitative estimate of drug-likeness (QED) is 0.889. The van der Waals surface area contributed by atoms with Crippen molar-refractivity contribution in [2.75, 3.05) is 0 Å². The lowest BCUT2D eigenvalue weighted by atomic mass is 10.0. The number of fused-ring (bicyclic) bond motifs is 2. The maximum Gasteiger partial charge on any atom is 0.335 e. The van der Waals surface area contributed by atoms with E-state index >= 15 is 0 Å². The Bertz CT molecular complexity index is 752. The van der Waals surface area contributed by atoms with Gasteiger partial charge in [-0.2, -0.15) is 0 Å². The van der Waals surface area contributed by atoms with Crippen LogP contribution in [0.25, 0.3) is 0 Å². The number of benzene rings is 2. The van der Waals surface area contributed by atoms with Gasteiger partial charge in [-0.1, -0.05) is 17.8 Å². The van der Waals surface area contributed by atoms with E-state index in [0.29, 0.717) is 0 Å². The molecule has 2 aromatic rings. The molecule has 2 aromatic carbocycles. The molecule has 1 aliphatic heterocycles. The van der Waals surface area contributed by atoms with Gasteiger partial charge in [-0.25, -0.2) is 9.59 Å². The monoisotopic (exact) mass is 300 g/mol. The lowest BCUT2D eigenvalue weighted by molar-refractivity contribution is 0.0686. The number of carboxylic acid groups (broad SMARTS) is 2. The Kier molecular flexibility index (Phi) is 3.43. The molecule has 4 nitrogen and oxygen atoms in total. The van der Waals surface area contributed by atoms with Gasteiger partial charge in [0.25, 0.3) is 0 Å². The first-order valence-electron chi connectivity index (χ1n) is 6.45. The third-order valence-corrected chi connectivity index (χ3v) is 4.72. The van der Waals surface area contributed by atoms with Crippen molar-refractivity contribution in [1.29, 1.82) is 0 Å². The van der Waals surface area contributed by atoms with Gasteiger partial charge < -0.3 is 10.2 Å². The summed E-state index contributed by atoms with van der Waals surface area (Å²) >= 11 is 1.50. The van der Waals surface area contributed by atoms with Crippen molar-refractivity contribution in [1.82, 2.24) is 0 Å². The molecule has 0 amide bonds. The van der Waals surface area contributed by atoms with Crippen LogP contribution in [-0.4, -0.2) is 22.2 Å². The lowest BCUT2D eigenvalue weighted by Crippen LogP contribution is -1.99. The number of hydrogen-bond donors (Lipinski definition) is 2. The Labute approximate surface area is 125 Å². The van der Waals surface area contributed by atoms with Crippen molar-refractivity contribution in [3.05, 3.63) is 58.7 Å². The van der Waals surface area contributed by atoms with Crippen LogP contribution in [0.3, 0.4) is 0 Å². The molecule has 0 radical (unpaired) electrons. The highest BCUT2D eigenvalue weighted by atomic mass is 32.2. The standard InChI is InChI=1S/C16H12O4S/c17-15(18)11-5-6-13-10(7-11)3-1-9-2-4-12(16(19)20)8-14(9)21-13/h2,4-8H,1,3H2,(H,17,18)(H,19,20). The molecule has 0 spiro atoms. The van der Waals surface area contributed by atoms with Crippen LogP contribution >= 0.6 is 11.8 Å². The van der Waals surface area contributed by atoms with E-state index in [1.165, 1.54) is 11.8 Å². The van der Waals surface area contributed by atoms with E-state index in [0.717, 1.165) is 33.8 Å². The van der Waals surface area contributed by atoms with E-state index in [1.807, 2.05) is 6.07 Å². The second kappa shape index (κ2) is 5.26. The first kappa shape index (κ1) is 13.7. The zero-order valence-electron chi connectivity index (χ0n) is 11.0. The maximum atomic E-state index is 11.1. The summed E-state index contributed by atoms with van der Waals surface area (Å²) < 4.78 is 0. The van der Waals surface area contributed by atoms with E-state index in [-0.39, 0.29) is 11.1 Å². The molecule has 1 aliphatic rings. The third kappa shape index (κ3) is 2.64. The first-order chi connectivity index (χ1) is 10.0. The second-order valence-corrected chi connectivity index (χ2v) is 5.94. The molecule has 106 valence electrons. The molecule has 0 aliphatic carbocycles. The van der Waals surface area contributed by atoms with Gasteiger partial charge >= 0.3 is 11.9 Å². The fourth-order valence-electron chi connectivity index (χ4n) is 2.38. The molecule has 2 N–H and O–H groups in total. The summed E-state index contributed by atoms with van der Waals surface area (Å²) in [5.74, 6) is -1.87. The molecule has 0 saturated heterocycles. The van der Waals surface area contributed by atoms with Gasteiger partial charge in [0.15, 0.2) is 0 Å². The van der Waals surface area contributed by atoms with Crippen molar-refractivity contribution in [2.45, 2.75) is 22.6 Å². The molecule has 0 unspecified atom stereocenters. The predicted molar refractivity (Wildman–Crippen MR) is 78.3 cm³/mol. The summed E-state index contributed by atoms with van der Waals surface area (Å²) in [7, 11) is 0. The second-order valence-electron chi connectivity index (χ2n) is 4.86. The van der Waals surface area contributed by atoms with Crippen LogP contribution in [0.15, 0.2) is 46.2 Å². The molecule has 1 heterocycles. The van der Waals surface area contributed by atoms with Gasteiger partial charge in [0.05, 0.1) is 11.1 Å². The van der Waals surface area contributed by atoms with Crippen LogP contribution in [0.4, 0.5) is 0 Å². The number of carbonyl (C=O) groups is 2. The Morgan fingerprint density at radius 3 is 2.14 bits per heavy atom. The van der Waals surface area contributed by atoms with Gasteiger partial charge in [0.2, 0.25) is 0 Å². The fraction of sp³-hybridized carbons (Fsp3) is 0.125. The number of aromatic carboxylic acids is 2. The summed E-state index contributed by atoms with van der Waals surface area (Å²) in [6.07, 6.45) is 1.53. The maximum absolute atomic E-state index is 11.1. The minimum Gasteiger partial charge on any atom is -0.478 e. The first-order valence-corrected chi connectivity index (χ1v) is 7.26.